The molecule has 0 bridgehead atoms. The van der Waals surface area contributed by atoms with Crippen LogP contribution in [0.3, 0.4) is 0 Å². The van der Waals surface area contributed by atoms with Crippen LogP contribution in [0.5, 0.6) is 0 Å². The van der Waals surface area contributed by atoms with Gasteiger partial charge in [0.15, 0.2) is 0 Å². The van der Waals surface area contributed by atoms with E-state index in [1.54, 1.807) is 0 Å². The molecular formula is C18H17F6N3. The second kappa shape index (κ2) is 7.03. The number of anilines is 1. The minimum absolute atomic E-state index is 0.140. The molecule has 0 radical (unpaired) electrons. The van der Waals surface area contributed by atoms with Gasteiger partial charge in [-0.2, -0.15) is 26.3 Å². The zero-order valence-electron chi connectivity index (χ0n) is 14.2. The standard InChI is InChI=1S/C18H17F6N3/c1-25-16(18(22,23)24)15-5-4-13(9-26-15)27-14-7-10-2-3-12(17(19,20)21)6-11(10)8-14/h2-6,9,14,16,25,27H,7-8H2,1H3/t14?,16-/m0/s1. The summed E-state index contributed by atoms with van der Waals surface area (Å²) >= 11 is 0. The van der Waals surface area contributed by atoms with Crippen molar-refractivity contribution in [2.45, 2.75) is 37.3 Å². The molecule has 9 heteroatoms. The lowest BCUT2D eigenvalue weighted by atomic mass is 10.1. The van der Waals surface area contributed by atoms with Crippen molar-refractivity contribution in [1.29, 1.82) is 0 Å². The first-order valence-corrected chi connectivity index (χ1v) is 8.23. The van der Waals surface area contributed by atoms with Crippen molar-refractivity contribution in [2.24, 2.45) is 0 Å². The predicted octanol–water partition coefficient (Wildman–Crippen LogP) is 4.50. The number of nitrogens with one attached hydrogen (secondary N) is 2. The molecule has 1 aliphatic carbocycles. The summed E-state index contributed by atoms with van der Waals surface area (Å²) in [5.41, 5.74) is 1.14. The Morgan fingerprint density at radius 1 is 1.00 bits per heavy atom. The number of hydrogen-bond donors (Lipinski definition) is 2. The minimum atomic E-state index is -4.46. The van der Waals surface area contributed by atoms with Crippen LogP contribution in [0.1, 0.15) is 28.4 Å². The van der Waals surface area contributed by atoms with Gasteiger partial charge >= 0.3 is 12.4 Å². The molecule has 2 atom stereocenters. The maximum atomic E-state index is 12.9. The monoisotopic (exact) mass is 389 g/mol. The van der Waals surface area contributed by atoms with E-state index < -0.39 is 24.0 Å². The van der Waals surface area contributed by atoms with E-state index >= 15 is 0 Å². The van der Waals surface area contributed by atoms with Crippen LogP contribution in [0.25, 0.3) is 0 Å². The summed E-state index contributed by atoms with van der Waals surface area (Å²) in [6, 6.07) is 4.46. The molecule has 1 unspecified atom stereocenters. The van der Waals surface area contributed by atoms with Crippen LogP contribution in [0.4, 0.5) is 32.0 Å². The first-order valence-electron chi connectivity index (χ1n) is 8.23. The van der Waals surface area contributed by atoms with Gasteiger partial charge in [0, 0.05) is 6.04 Å². The van der Waals surface area contributed by atoms with Gasteiger partial charge in [0.25, 0.3) is 0 Å². The molecule has 0 saturated carbocycles. The molecule has 0 fully saturated rings. The molecule has 1 aliphatic rings. The summed E-state index contributed by atoms with van der Waals surface area (Å²) in [6.07, 6.45) is -6.60. The van der Waals surface area contributed by atoms with Crippen LogP contribution in [0.15, 0.2) is 36.5 Å². The van der Waals surface area contributed by atoms with Crippen LogP contribution in [-0.4, -0.2) is 24.2 Å². The largest absolute Gasteiger partial charge is 0.416 e. The Kier molecular flexibility index (Phi) is 5.07. The van der Waals surface area contributed by atoms with Gasteiger partial charge in [0.1, 0.15) is 6.04 Å². The summed E-state index contributed by atoms with van der Waals surface area (Å²) in [5, 5.41) is 5.30. The molecule has 1 heterocycles. The van der Waals surface area contributed by atoms with Gasteiger partial charge in [-0.1, -0.05) is 6.07 Å². The molecule has 0 amide bonds. The van der Waals surface area contributed by atoms with E-state index in [2.05, 4.69) is 15.6 Å². The summed E-state index contributed by atoms with van der Waals surface area (Å²) in [4.78, 5) is 3.86. The zero-order valence-corrected chi connectivity index (χ0v) is 14.2. The molecule has 1 aromatic carbocycles. The van der Waals surface area contributed by atoms with E-state index in [0.29, 0.717) is 24.1 Å². The molecule has 2 aromatic rings. The summed E-state index contributed by atoms with van der Waals surface area (Å²) in [7, 11) is 1.21. The van der Waals surface area contributed by atoms with Gasteiger partial charge in [0.2, 0.25) is 0 Å². The normalized spacial score (nSPS) is 18.3. The average molecular weight is 389 g/mol. The lowest BCUT2D eigenvalue weighted by Crippen LogP contribution is -2.32. The molecular weight excluding hydrogens is 372 g/mol. The first-order chi connectivity index (χ1) is 12.6. The van der Waals surface area contributed by atoms with E-state index in [1.165, 1.54) is 31.4 Å². The number of rotatable bonds is 4. The molecule has 3 nitrogen and oxygen atoms in total. The van der Waals surface area contributed by atoms with Crippen LogP contribution in [-0.2, 0) is 19.0 Å². The van der Waals surface area contributed by atoms with Crippen molar-refractivity contribution < 1.29 is 26.3 Å². The fourth-order valence-electron chi connectivity index (χ4n) is 3.27. The lowest BCUT2D eigenvalue weighted by Gasteiger charge is -2.19. The van der Waals surface area contributed by atoms with E-state index in [-0.39, 0.29) is 11.7 Å². The Morgan fingerprint density at radius 2 is 1.70 bits per heavy atom. The van der Waals surface area contributed by atoms with Crippen molar-refractivity contribution in [2.75, 3.05) is 12.4 Å². The van der Waals surface area contributed by atoms with Gasteiger partial charge in [-0.25, -0.2) is 0 Å². The summed E-state index contributed by atoms with van der Waals surface area (Å²) in [5.74, 6) is 0. The fraction of sp³-hybridized carbons (Fsp3) is 0.389. The zero-order chi connectivity index (χ0) is 19.8. The fourth-order valence-corrected chi connectivity index (χ4v) is 3.27. The van der Waals surface area contributed by atoms with Gasteiger partial charge in [0.05, 0.1) is 23.1 Å². The number of aromatic nitrogens is 1. The van der Waals surface area contributed by atoms with Crippen molar-refractivity contribution >= 4 is 5.69 Å². The van der Waals surface area contributed by atoms with Crippen LogP contribution in [0.2, 0.25) is 0 Å². The first kappa shape index (κ1) is 19.5. The Morgan fingerprint density at radius 3 is 2.26 bits per heavy atom. The lowest BCUT2D eigenvalue weighted by molar-refractivity contribution is -0.157. The quantitative estimate of drug-likeness (QED) is 0.756. The second-order valence-corrected chi connectivity index (χ2v) is 6.47. The highest BCUT2D eigenvalue weighted by atomic mass is 19.4. The molecule has 2 N–H and O–H groups in total. The van der Waals surface area contributed by atoms with E-state index in [1.807, 2.05) is 0 Å². The maximum absolute atomic E-state index is 12.9. The smallest absolute Gasteiger partial charge is 0.380 e. The summed E-state index contributed by atoms with van der Waals surface area (Å²) in [6.45, 7) is 0. The van der Waals surface area contributed by atoms with E-state index in [4.69, 9.17) is 0 Å². The Balaban J connectivity index is 1.68. The van der Waals surface area contributed by atoms with Gasteiger partial charge < -0.3 is 10.6 Å². The highest BCUT2D eigenvalue weighted by Crippen LogP contribution is 2.34. The highest BCUT2D eigenvalue weighted by Gasteiger charge is 2.40. The molecule has 27 heavy (non-hydrogen) atoms. The third kappa shape index (κ3) is 4.35. The van der Waals surface area contributed by atoms with Gasteiger partial charge in [-0.15, -0.1) is 0 Å². The number of nitrogens with zero attached hydrogens (tertiary/aromatic N) is 1. The maximum Gasteiger partial charge on any atom is 0.416 e. The summed E-state index contributed by atoms with van der Waals surface area (Å²) < 4.78 is 77.1. The minimum Gasteiger partial charge on any atom is -0.380 e. The molecule has 0 spiro atoms. The molecule has 3 rings (SSSR count). The Hall–Kier alpha value is -2.29. The third-order valence-corrected chi connectivity index (χ3v) is 4.54. The molecule has 0 aliphatic heterocycles. The van der Waals surface area contributed by atoms with Crippen LogP contribution in [0, 0.1) is 0 Å². The highest BCUT2D eigenvalue weighted by molar-refractivity contribution is 5.46. The number of fused-ring (bicyclic) bond motifs is 1. The van der Waals surface area contributed by atoms with Crippen molar-refractivity contribution in [3.63, 3.8) is 0 Å². The van der Waals surface area contributed by atoms with Crippen molar-refractivity contribution in [3.8, 4) is 0 Å². The third-order valence-electron chi connectivity index (χ3n) is 4.54. The van der Waals surface area contributed by atoms with Gasteiger partial charge in [-0.05, 0) is 55.3 Å². The Bertz CT molecular complexity index is 798. The van der Waals surface area contributed by atoms with Crippen molar-refractivity contribution in [3.05, 3.63) is 58.9 Å². The second-order valence-electron chi connectivity index (χ2n) is 6.47. The number of pyridine rings is 1. The predicted molar refractivity (Wildman–Crippen MR) is 88.4 cm³/mol. The van der Waals surface area contributed by atoms with Gasteiger partial charge in [-0.3, -0.25) is 4.98 Å². The van der Waals surface area contributed by atoms with Crippen LogP contribution >= 0.6 is 0 Å². The number of halogens is 6. The number of alkyl halides is 6. The average Bonchev–Trinajstić information content (AvgIpc) is 2.96. The topological polar surface area (TPSA) is 37.0 Å². The van der Waals surface area contributed by atoms with Crippen LogP contribution < -0.4 is 10.6 Å². The Labute approximate surface area is 151 Å². The number of benzene rings is 1. The van der Waals surface area contributed by atoms with E-state index in [9.17, 15) is 26.3 Å². The molecule has 146 valence electrons. The van der Waals surface area contributed by atoms with Crippen molar-refractivity contribution in [1.82, 2.24) is 10.3 Å². The molecule has 1 aromatic heterocycles. The molecule has 0 saturated heterocycles. The SMILES string of the molecule is CN[C@@H](c1ccc(NC2Cc3ccc(C(F)(F)F)cc3C2)cn1)C(F)(F)F. The van der Waals surface area contributed by atoms with E-state index in [0.717, 1.165) is 17.7 Å². The number of hydrogen-bond acceptors (Lipinski definition) is 3.